The molecule has 0 aromatic heterocycles. The number of carbonyl (C=O) groups excluding carboxylic acids is 1. The van der Waals surface area contributed by atoms with Crippen molar-refractivity contribution in [3.63, 3.8) is 0 Å². The van der Waals surface area contributed by atoms with Crippen LogP contribution in [0.4, 0.5) is 0 Å². The Balaban J connectivity index is 1.26. The predicted molar refractivity (Wildman–Crippen MR) is 105 cm³/mol. The first-order valence-electron chi connectivity index (χ1n) is 9.63. The number of likely N-dealkylation sites (tertiary alicyclic amines) is 1. The van der Waals surface area contributed by atoms with Crippen molar-refractivity contribution in [3.05, 3.63) is 59.7 Å². The molecule has 0 radical (unpaired) electrons. The van der Waals surface area contributed by atoms with Gasteiger partial charge in [0.1, 0.15) is 17.6 Å². The third-order valence-corrected chi connectivity index (χ3v) is 5.46. The van der Waals surface area contributed by atoms with Crippen LogP contribution in [0.2, 0.25) is 0 Å². The van der Waals surface area contributed by atoms with E-state index in [-0.39, 0.29) is 12.0 Å². The van der Waals surface area contributed by atoms with Crippen LogP contribution in [0.1, 0.15) is 22.3 Å². The van der Waals surface area contributed by atoms with Crippen LogP contribution >= 0.6 is 0 Å². The normalized spacial score (nSPS) is 19.8. The highest BCUT2D eigenvalue weighted by Crippen LogP contribution is 2.22. The average molecular weight is 366 g/mol. The van der Waals surface area contributed by atoms with Crippen LogP contribution in [0.25, 0.3) is 0 Å². The van der Waals surface area contributed by atoms with Gasteiger partial charge in [-0.25, -0.2) is 0 Å². The summed E-state index contributed by atoms with van der Waals surface area (Å²) in [6, 6.07) is 15.7. The summed E-state index contributed by atoms with van der Waals surface area (Å²) in [5, 5.41) is 0. The smallest absolute Gasteiger partial charge is 0.254 e. The Morgan fingerprint density at radius 3 is 2.59 bits per heavy atom. The van der Waals surface area contributed by atoms with Crippen LogP contribution in [0, 0.1) is 0 Å². The van der Waals surface area contributed by atoms with Crippen molar-refractivity contribution < 1.29 is 14.3 Å². The van der Waals surface area contributed by atoms with Crippen molar-refractivity contribution in [1.29, 1.82) is 0 Å². The molecular formula is C22H26N2O3. The molecule has 4 rings (SSSR count). The van der Waals surface area contributed by atoms with Crippen molar-refractivity contribution in [1.82, 2.24) is 9.80 Å². The highest BCUT2D eigenvalue weighted by atomic mass is 16.5. The lowest BCUT2D eigenvalue weighted by Gasteiger charge is -2.30. The van der Waals surface area contributed by atoms with Gasteiger partial charge in [-0.15, -0.1) is 0 Å². The van der Waals surface area contributed by atoms with Crippen LogP contribution in [-0.2, 0) is 6.42 Å². The maximum Gasteiger partial charge on any atom is 0.254 e. The summed E-state index contributed by atoms with van der Waals surface area (Å²) >= 11 is 0. The third kappa shape index (κ3) is 4.08. The molecule has 2 aliphatic rings. The minimum atomic E-state index is 0.169. The molecule has 0 saturated carbocycles. The zero-order valence-electron chi connectivity index (χ0n) is 15.8. The van der Waals surface area contributed by atoms with Crippen LogP contribution in [0.5, 0.6) is 11.5 Å². The Labute approximate surface area is 160 Å². The SMILES string of the molecule is COc1ccc(OC2CCN(CCN3CCc4ccccc4C3=O)C2)cc1. The van der Waals surface area contributed by atoms with Gasteiger partial charge >= 0.3 is 0 Å². The Hall–Kier alpha value is -2.53. The maximum atomic E-state index is 12.7. The summed E-state index contributed by atoms with van der Waals surface area (Å²) < 4.78 is 11.3. The minimum Gasteiger partial charge on any atom is -0.497 e. The predicted octanol–water partition coefficient (Wildman–Crippen LogP) is 2.85. The largest absolute Gasteiger partial charge is 0.497 e. The number of hydrogen-bond acceptors (Lipinski definition) is 4. The molecule has 2 aromatic rings. The van der Waals surface area contributed by atoms with Gasteiger partial charge in [0, 0.05) is 38.3 Å². The third-order valence-electron chi connectivity index (χ3n) is 5.46. The second-order valence-electron chi connectivity index (χ2n) is 7.20. The molecule has 2 heterocycles. The molecule has 2 aromatic carbocycles. The molecule has 5 nitrogen and oxygen atoms in total. The van der Waals surface area contributed by atoms with Gasteiger partial charge in [-0.3, -0.25) is 9.69 Å². The number of ether oxygens (including phenoxy) is 2. The Morgan fingerprint density at radius 2 is 1.78 bits per heavy atom. The molecule has 27 heavy (non-hydrogen) atoms. The van der Waals surface area contributed by atoms with Gasteiger partial charge in [0.05, 0.1) is 7.11 Å². The molecule has 0 bridgehead atoms. The zero-order chi connectivity index (χ0) is 18.6. The van der Waals surface area contributed by atoms with Gasteiger partial charge in [0.15, 0.2) is 0 Å². The summed E-state index contributed by atoms with van der Waals surface area (Å²) in [5.41, 5.74) is 2.04. The lowest BCUT2D eigenvalue weighted by atomic mass is 9.99. The first kappa shape index (κ1) is 17.9. The number of methoxy groups -OCH3 is 1. The summed E-state index contributed by atoms with van der Waals surface area (Å²) in [7, 11) is 1.66. The van der Waals surface area contributed by atoms with Crippen molar-refractivity contribution in [2.45, 2.75) is 18.9 Å². The Kier molecular flexibility index (Phi) is 5.30. The molecule has 0 aliphatic carbocycles. The van der Waals surface area contributed by atoms with E-state index in [1.54, 1.807) is 7.11 Å². The second-order valence-corrected chi connectivity index (χ2v) is 7.20. The molecule has 142 valence electrons. The molecule has 2 aliphatic heterocycles. The quantitative estimate of drug-likeness (QED) is 0.788. The van der Waals surface area contributed by atoms with Gasteiger partial charge in [0.25, 0.3) is 5.91 Å². The summed E-state index contributed by atoms with van der Waals surface area (Å²) in [6.07, 6.45) is 2.17. The van der Waals surface area contributed by atoms with E-state index in [0.717, 1.165) is 62.6 Å². The number of rotatable bonds is 6. The maximum absolute atomic E-state index is 12.7. The van der Waals surface area contributed by atoms with Crippen LogP contribution in [0.15, 0.2) is 48.5 Å². The molecular weight excluding hydrogens is 340 g/mol. The molecule has 1 unspecified atom stereocenters. The van der Waals surface area contributed by atoms with E-state index in [1.165, 1.54) is 5.56 Å². The van der Waals surface area contributed by atoms with Gasteiger partial charge in [-0.2, -0.15) is 0 Å². The molecule has 1 saturated heterocycles. The fourth-order valence-electron chi connectivity index (χ4n) is 3.89. The number of amides is 1. The van der Waals surface area contributed by atoms with E-state index in [2.05, 4.69) is 11.0 Å². The van der Waals surface area contributed by atoms with Gasteiger partial charge in [0.2, 0.25) is 0 Å². The molecule has 1 fully saturated rings. The van der Waals surface area contributed by atoms with Crippen molar-refractivity contribution in [2.24, 2.45) is 0 Å². The molecule has 0 N–H and O–H groups in total. The van der Waals surface area contributed by atoms with E-state index in [4.69, 9.17) is 9.47 Å². The van der Waals surface area contributed by atoms with Crippen molar-refractivity contribution in [2.75, 3.05) is 39.8 Å². The highest BCUT2D eigenvalue weighted by molar-refractivity contribution is 5.96. The molecule has 5 heteroatoms. The van der Waals surface area contributed by atoms with E-state index in [9.17, 15) is 4.79 Å². The topological polar surface area (TPSA) is 42.0 Å². The first-order valence-corrected chi connectivity index (χ1v) is 9.63. The van der Waals surface area contributed by atoms with E-state index in [1.807, 2.05) is 47.4 Å². The fourth-order valence-corrected chi connectivity index (χ4v) is 3.89. The van der Waals surface area contributed by atoms with Crippen molar-refractivity contribution >= 4 is 5.91 Å². The van der Waals surface area contributed by atoms with Crippen LogP contribution in [0.3, 0.4) is 0 Å². The average Bonchev–Trinajstić information content (AvgIpc) is 3.15. The van der Waals surface area contributed by atoms with E-state index < -0.39 is 0 Å². The lowest BCUT2D eigenvalue weighted by Crippen LogP contribution is -2.42. The first-order chi connectivity index (χ1) is 13.2. The minimum absolute atomic E-state index is 0.169. The van der Waals surface area contributed by atoms with E-state index in [0.29, 0.717) is 0 Å². The second kappa shape index (κ2) is 8.01. The summed E-state index contributed by atoms with van der Waals surface area (Å²) in [6.45, 7) is 4.42. The Morgan fingerprint density at radius 1 is 1.00 bits per heavy atom. The standard InChI is InChI=1S/C22H26N2O3/c1-26-18-6-8-19(9-7-18)27-20-11-12-23(16-20)14-15-24-13-10-17-4-2-3-5-21(17)22(24)25/h2-9,20H,10-16H2,1H3. The van der Waals surface area contributed by atoms with Gasteiger partial charge < -0.3 is 14.4 Å². The van der Waals surface area contributed by atoms with Crippen LogP contribution in [-0.4, -0.2) is 61.6 Å². The lowest BCUT2D eigenvalue weighted by molar-refractivity contribution is 0.0722. The molecule has 1 amide bonds. The number of benzene rings is 2. The Bertz CT molecular complexity index is 790. The van der Waals surface area contributed by atoms with Crippen molar-refractivity contribution in [3.8, 4) is 11.5 Å². The molecule has 0 spiro atoms. The van der Waals surface area contributed by atoms with Gasteiger partial charge in [-0.05, 0) is 48.7 Å². The zero-order valence-corrected chi connectivity index (χ0v) is 15.8. The number of carbonyl (C=O) groups is 1. The summed E-state index contributed by atoms with van der Waals surface area (Å²) in [5.74, 6) is 1.88. The monoisotopic (exact) mass is 366 g/mol. The fraction of sp³-hybridized carbons (Fsp3) is 0.409. The number of hydrogen-bond donors (Lipinski definition) is 0. The summed E-state index contributed by atoms with van der Waals surface area (Å²) in [4.78, 5) is 17.0. The number of fused-ring (bicyclic) bond motifs is 1. The van der Waals surface area contributed by atoms with Crippen LogP contribution < -0.4 is 9.47 Å². The van der Waals surface area contributed by atoms with Gasteiger partial charge in [-0.1, -0.05) is 18.2 Å². The van der Waals surface area contributed by atoms with E-state index >= 15 is 0 Å². The molecule has 1 atom stereocenters. The highest BCUT2D eigenvalue weighted by Gasteiger charge is 2.27. The number of nitrogens with zero attached hydrogens (tertiary/aromatic N) is 2.